The second-order valence-corrected chi connectivity index (χ2v) is 27.1. The van der Waals surface area contributed by atoms with Crippen LogP contribution in [-0.4, -0.2) is 79.7 Å². The van der Waals surface area contributed by atoms with Crippen molar-refractivity contribution in [3.63, 3.8) is 0 Å². The standard InChI is InChI=1S/2C24H25S.C9H12F2O8S.C8H10F2O7S/c2*1-4-10-20(11-5-1)21-16-18-24(19-17-21)25(22-12-6-2-7-13-22)23-14-8-3-9-15-23;1-5(2)8(13)18-6(3)17-4-7(12)19-9(10,11)20(14,15)16;1-4(2)6(11)16-5(3)17-7(12)8(9,10)18(13,14)15/h2*2-3,6-9,12-20H,1,4-5,10-11H2;6H,1,4H2,2-3H3,(H,14,15,16);5H,1H2,2-3H3,(H,13,14,15)/q2*+1;;/p-2. The molecular formula is C65H70F4O15S4. The molecule has 0 aromatic heterocycles. The van der Waals surface area contributed by atoms with Gasteiger partial charge < -0.3 is 32.8 Å². The van der Waals surface area contributed by atoms with E-state index in [4.69, 9.17) is 0 Å². The molecule has 2 unspecified atom stereocenters. The van der Waals surface area contributed by atoms with E-state index in [0.29, 0.717) is 0 Å². The Hall–Kier alpha value is -7.12. The van der Waals surface area contributed by atoms with Crippen LogP contribution in [0.3, 0.4) is 0 Å². The second-order valence-electron chi connectivity index (χ2n) is 20.3. The van der Waals surface area contributed by atoms with Crippen LogP contribution in [0.2, 0.25) is 0 Å². The molecule has 0 amide bonds. The maximum absolute atomic E-state index is 12.6. The minimum absolute atomic E-state index is 0.0278. The van der Waals surface area contributed by atoms with E-state index in [1.165, 1.54) is 119 Å². The fourth-order valence-corrected chi connectivity index (χ4v) is 13.6. The first-order valence-electron chi connectivity index (χ1n) is 27.9. The highest BCUT2D eigenvalue weighted by Gasteiger charge is 2.49. The van der Waals surface area contributed by atoms with Gasteiger partial charge >= 0.3 is 34.6 Å². The average Bonchev–Trinajstić information content (AvgIpc) is 3.27. The molecule has 88 heavy (non-hydrogen) atoms. The largest absolute Gasteiger partial charge is 0.743 e. The highest BCUT2D eigenvalue weighted by atomic mass is 32.2. The smallest absolute Gasteiger partial charge is 0.499 e. The third-order valence-corrected chi connectivity index (χ3v) is 19.2. The fourth-order valence-electron chi connectivity index (χ4n) is 8.95. The number of alkyl halides is 4. The zero-order valence-corrected chi connectivity index (χ0v) is 52.2. The van der Waals surface area contributed by atoms with E-state index >= 15 is 0 Å². The molecule has 15 nitrogen and oxygen atoms in total. The molecule has 23 heteroatoms. The minimum atomic E-state index is -6.21. The summed E-state index contributed by atoms with van der Waals surface area (Å²) in [6, 6.07) is 62.6. The van der Waals surface area contributed by atoms with E-state index in [9.17, 15) is 62.7 Å². The summed E-state index contributed by atoms with van der Waals surface area (Å²) >= 11 is 0. The molecule has 0 bridgehead atoms. The number of carbonyl (C=O) groups excluding carboxylic acids is 4. The van der Waals surface area contributed by atoms with Gasteiger partial charge in [0.25, 0.3) is 0 Å². The van der Waals surface area contributed by atoms with Crippen LogP contribution in [0, 0.1) is 0 Å². The maximum atomic E-state index is 12.6. The van der Waals surface area contributed by atoms with Gasteiger partial charge in [-0.2, -0.15) is 17.6 Å². The molecule has 0 spiro atoms. The van der Waals surface area contributed by atoms with Gasteiger partial charge in [0.1, 0.15) is 6.61 Å². The number of benzene rings is 6. The van der Waals surface area contributed by atoms with Crippen LogP contribution in [0.15, 0.2) is 224 Å². The summed E-state index contributed by atoms with van der Waals surface area (Å²) in [5.74, 6) is -4.79. The predicted molar refractivity (Wildman–Crippen MR) is 323 cm³/mol. The van der Waals surface area contributed by atoms with E-state index in [1.54, 1.807) is 0 Å². The number of esters is 4. The molecule has 472 valence electrons. The molecule has 2 saturated carbocycles. The Kier molecular flexibility index (Phi) is 27.7. The number of hydrogen-bond donors (Lipinski definition) is 0. The topological polar surface area (TPSA) is 229 Å². The van der Waals surface area contributed by atoms with Gasteiger partial charge in [0.2, 0.25) is 22.7 Å². The maximum Gasteiger partial charge on any atom is 0.499 e. The normalized spacial score (nSPS) is 14.6. The van der Waals surface area contributed by atoms with E-state index in [2.05, 4.69) is 207 Å². The van der Waals surface area contributed by atoms with Gasteiger partial charge in [-0.1, -0.05) is 149 Å². The number of ether oxygens (including phenoxy) is 5. The summed E-state index contributed by atoms with van der Waals surface area (Å²) in [5.41, 5.74) is -2.19. The quantitative estimate of drug-likeness (QED) is 0.0132. The molecule has 2 aliphatic carbocycles. The first kappa shape index (κ1) is 71.6. The highest BCUT2D eigenvalue weighted by molar-refractivity contribution is 7.97. The molecule has 6 aromatic carbocycles. The highest BCUT2D eigenvalue weighted by Crippen LogP contribution is 2.38. The van der Waals surface area contributed by atoms with Gasteiger partial charge in [0.05, 0.1) is 21.8 Å². The predicted octanol–water partition coefficient (Wildman–Crippen LogP) is 13.9. The molecule has 2 fully saturated rings. The van der Waals surface area contributed by atoms with Crippen LogP contribution in [0.1, 0.15) is 115 Å². The van der Waals surface area contributed by atoms with Gasteiger partial charge in [0, 0.05) is 18.1 Å². The first-order chi connectivity index (χ1) is 41.6. The zero-order chi connectivity index (χ0) is 64.7. The Labute approximate surface area is 517 Å². The molecule has 0 heterocycles. The number of halogens is 4. The van der Waals surface area contributed by atoms with Crippen LogP contribution in [0.4, 0.5) is 17.6 Å². The van der Waals surface area contributed by atoms with Crippen LogP contribution in [0.5, 0.6) is 0 Å². The summed E-state index contributed by atoms with van der Waals surface area (Å²) in [5, 5.41) is -5.25. The molecule has 0 N–H and O–H groups in total. The molecule has 8 rings (SSSR count). The lowest BCUT2D eigenvalue weighted by Gasteiger charge is -2.22. The molecule has 2 atom stereocenters. The van der Waals surface area contributed by atoms with Crippen LogP contribution in [-0.2, 0) is 84.9 Å². The molecule has 0 aliphatic heterocycles. The van der Waals surface area contributed by atoms with Crippen molar-refractivity contribution in [3.05, 3.63) is 205 Å². The fraction of sp³-hybridized carbons (Fsp3) is 0.323. The van der Waals surface area contributed by atoms with E-state index in [1.807, 2.05) is 0 Å². The third kappa shape index (κ3) is 22.2. The number of hydrogen-bond acceptors (Lipinski definition) is 15. The average molecular weight is 1300 g/mol. The first-order valence-corrected chi connectivity index (χ1v) is 33.2. The van der Waals surface area contributed by atoms with Gasteiger partial charge in [-0.25, -0.2) is 36.0 Å². The number of carbonyl (C=O) groups is 4. The molecule has 0 radical (unpaired) electrons. The van der Waals surface area contributed by atoms with Crippen molar-refractivity contribution in [1.29, 1.82) is 0 Å². The summed E-state index contributed by atoms with van der Waals surface area (Å²) in [6.45, 7) is 9.89. The van der Waals surface area contributed by atoms with E-state index in [0.717, 1.165) is 25.7 Å². The van der Waals surface area contributed by atoms with Gasteiger partial charge in [0.15, 0.2) is 39.5 Å². The summed E-state index contributed by atoms with van der Waals surface area (Å²) in [6.07, 6.45) is 10.8. The second kappa shape index (κ2) is 34.0. The van der Waals surface area contributed by atoms with Crippen molar-refractivity contribution in [2.75, 3.05) is 6.61 Å². The molecule has 0 saturated heterocycles. The van der Waals surface area contributed by atoms with Crippen molar-refractivity contribution in [1.82, 2.24) is 0 Å². The van der Waals surface area contributed by atoms with E-state index in [-0.39, 0.29) is 32.9 Å². The van der Waals surface area contributed by atoms with Gasteiger partial charge in [-0.3, -0.25) is 0 Å². The zero-order valence-electron chi connectivity index (χ0n) is 48.9. The van der Waals surface area contributed by atoms with Gasteiger partial charge in [-0.15, -0.1) is 0 Å². The lowest BCUT2D eigenvalue weighted by atomic mass is 9.84. The van der Waals surface area contributed by atoms with E-state index < -0.39 is 74.0 Å². The van der Waals surface area contributed by atoms with Gasteiger partial charge in [-0.05, 0) is 142 Å². The van der Waals surface area contributed by atoms with Crippen molar-refractivity contribution >= 4 is 65.9 Å². The summed E-state index contributed by atoms with van der Waals surface area (Å²) < 4.78 is 131. The summed E-state index contributed by atoms with van der Waals surface area (Å²) in [4.78, 5) is 51.8. The van der Waals surface area contributed by atoms with Crippen LogP contribution in [0.25, 0.3) is 0 Å². The van der Waals surface area contributed by atoms with Crippen molar-refractivity contribution in [2.24, 2.45) is 0 Å². The van der Waals surface area contributed by atoms with Crippen LogP contribution >= 0.6 is 0 Å². The Morgan fingerprint density at radius 3 is 1.09 bits per heavy atom. The lowest BCUT2D eigenvalue weighted by Crippen LogP contribution is -2.41. The molecular weight excluding hydrogens is 1220 g/mol. The Morgan fingerprint density at radius 1 is 0.489 bits per heavy atom. The molecule has 2 aliphatic rings. The monoisotopic (exact) mass is 1290 g/mol. The Bertz CT molecular complexity index is 3220. The lowest BCUT2D eigenvalue weighted by molar-refractivity contribution is -0.208. The third-order valence-electron chi connectivity index (χ3n) is 13.3. The van der Waals surface area contributed by atoms with Crippen molar-refractivity contribution in [2.45, 2.75) is 156 Å². The Morgan fingerprint density at radius 2 is 0.795 bits per heavy atom. The van der Waals surface area contributed by atoms with Crippen LogP contribution < -0.4 is 0 Å². The SMILES string of the molecule is C=C(C)C(=O)OC(C)OC(=O)C(F)(F)S(=O)(=O)[O-].C=C(C)C(=O)OC(C)OCC(=O)OC(F)(F)S(=O)(=O)[O-].c1ccc([S+](c2ccccc2)c2ccc(C3CCCCC3)cc2)cc1.c1ccc([S+](c2ccccc2)c2ccc(C3CCCCC3)cc2)cc1. The van der Waals surface area contributed by atoms with Crippen molar-refractivity contribution in [3.8, 4) is 0 Å². The number of rotatable bonds is 20. The van der Waals surface area contributed by atoms with Crippen molar-refractivity contribution < 1.29 is 86.4 Å². The molecule has 6 aromatic rings. The summed E-state index contributed by atoms with van der Waals surface area (Å²) in [7, 11) is -12.4. The Balaban J connectivity index is 0.000000216. The minimum Gasteiger partial charge on any atom is -0.743 e.